The van der Waals surface area contributed by atoms with E-state index in [1.807, 2.05) is 0 Å². The lowest BCUT2D eigenvalue weighted by Gasteiger charge is -2.08. The van der Waals surface area contributed by atoms with Crippen LogP contribution in [-0.2, 0) is 11.3 Å². The number of rotatable bonds is 4. The van der Waals surface area contributed by atoms with Crippen LogP contribution in [0.25, 0.3) is 11.4 Å². The summed E-state index contributed by atoms with van der Waals surface area (Å²) in [5.74, 6) is 0.0445. The lowest BCUT2D eigenvalue weighted by Crippen LogP contribution is -2.02. The van der Waals surface area contributed by atoms with E-state index in [2.05, 4.69) is 32.6 Å². The van der Waals surface area contributed by atoms with Gasteiger partial charge in [-0.2, -0.15) is 0 Å². The van der Waals surface area contributed by atoms with Crippen molar-refractivity contribution >= 4 is 34.2 Å². The predicted molar refractivity (Wildman–Crippen MR) is 82.4 cm³/mol. The van der Waals surface area contributed by atoms with Gasteiger partial charge in [-0.15, -0.1) is 0 Å². The first kappa shape index (κ1) is 15.4. The third-order valence-electron chi connectivity index (χ3n) is 2.57. The van der Waals surface area contributed by atoms with Gasteiger partial charge in [0.2, 0.25) is 0 Å². The van der Waals surface area contributed by atoms with Crippen LogP contribution in [0, 0.1) is 9.39 Å². The fourth-order valence-electron chi connectivity index (χ4n) is 1.63. The maximum atomic E-state index is 13.7. The van der Waals surface area contributed by atoms with E-state index in [4.69, 9.17) is 21.1 Å². The molecule has 20 heavy (non-hydrogen) atoms. The van der Waals surface area contributed by atoms with Crippen LogP contribution in [0.15, 0.2) is 18.2 Å². The molecular formula is C13H11ClFIN2O2. The van der Waals surface area contributed by atoms with Crippen LogP contribution in [0.5, 0.6) is 5.75 Å². The van der Waals surface area contributed by atoms with Crippen molar-refractivity contribution in [2.45, 2.75) is 6.61 Å². The highest BCUT2D eigenvalue weighted by Gasteiger charge is 2.13. The SMILES string of the molecule is COCc1nc(-c2ccc(OC)c(F)c2)nc(Cl)c1I. The summed E-state index contributed by atoms with van der Waals surface area (Å²) >= 11 is 8.12. The predicted octanol–water partition coefficient (Wildman–Crippen LogP) is 3.70. The van der Waals surface area contributed by atoms with Gasteiger partial charge in [0.15, 0.2) is 17.4 Å². The largest absolute Gasteiger partial charge is 0.494 e. The van der Waals surface area contributed by atoms with E-state index < -0.39 is 5.82 Å². The van der Waals surface area contributed by atoms with E-state index in [1.54, 1.807) is 13.2 Å². The second-order valence-electron chi connectivity index (χ2n) is 3.88. The molecule has 1 heterocycles. The average Bonchev–Trinajstić information content (AvgIpc) is 2.43. The zero-order valence-corrected chi connectivity index (χ0v) is 13.7. The lowest BCUT2D eigenvalue weighted by molar-refractivity contribution is 0.181. The number of nitrogens with zero attached hydrogens (tertiary/aromatic N) is 2. The third-order valence-corrected chi connectivity index (χ3v) is 4.30. The van der Waals surface area contributed by atoms with Gasteiger partial charge in [-0.25, -0.2) is 14.4 Å². The molecule has 0 atom stereocenters. The van der Waals surface area contributed by atoms with Crippen LogP contribution in [0.3, 0.4) is 0 Å². The molecule has 0 aliphatic heterocycles. The second kappa shape index (κ2) is 6.64. The van der Waals surface area contributed by atoms with Crippen molar-refractivity contribution in [3.63, 3.8) is 0 Å². The summed E-state index contributed by atoms with van der Waals surface area (Å²) in [6.07, 6.45) is 0. The van der Waals surface area contributed by atoms with Gasteiger partial charge >= 0.3 is 0 Å². The molecule has 7 heteroatoms. The summed E-state index contributed by atoms with van der Waals surface area (Å²) in [5.41, 5.74) is 1.19. The molecule has 0 saturated carbocycles. The molecule has 0 aliphatic carbocycles. The fraction of sp³-hybridized carbons (Fsp3) is 0.231. The van der Waals surface area contributed by atoms with Crippen molar-refractivity contribution < 1.29 is 13.9 Å². The molecule has 0 fully saturated rings. The minimum absolute atomic E-state index is 0.169. The Morgan fingerprint density at radius 3 is 2.65 bits per heavy atom. The maximum absolute atomic E-state index is 13.7. The minimum atomic E-state index is -0.475. The Morgan fingerprint density at radius 1 is 1.30 bits per heavy atom. The van der Waals surface area contributed by atoms with Gasteiger partial charge in [-0.05, 0) is 40.8 Å². The van der Waals surface area contributed by atoms with Gasteiger partial charge in [0.25, 0.3) is 0 Å². The number of halogens is 3. The van der Waals surface area contributed by atoms with Crippen molar-refractivity contribution in [2.75, 3.05) is 14.2 Å². The van der Waals surface area contributed by atoms with Crippen LogP contribution in [0.2, 0.25) is 5.15 Å². The zero-order chi connectivity index (χ0) is 14.7. The molecule has 1 aromatic heterocycles. The van der Waals surface area contributed by atoms with E-state index in [0.29, 0.717) is 28.8 Å². The van der Waals surface area contributed by atoms with Gasteiger partial charge in [0.1, 0.15) is 5.15 Å². The Hall–Kier alpha value is -0.990. The molecule has 0 aliphatic rings. The van der Waals surface area contributed by atoms with E-state index >= 15 is 0 Å². The van der Waals surface area contributed by atoms with Crippen LogP contribution in [0.4, 0.5) is 4.39 Å². The molecule has 4 nitrogen and oxygen atoms in total. The fourth-order valence-corrected chi connectivity index (χ4v) is 2.22. The van der Waals surface area contributed by atoms with Crippen molar-refractivity contribution in [3.05, 3.63) is 38.4 Å². The Kier molecular flexibility index (Phi) is 5.11. The number of aromatic nitrogens is 2. The van der Waals surface area contributed by atoms with Crippen LogP contribution < -0.4 is 4.74 Å². The van der Waals surface area contributed by atoms with Gasteiger partial charge in [-0.1, -0.05) is 11.6 Å². The first-order chi connectivity index (χ1) is 9.56. The Balaban J connectivity index is 2.49. The zero-order valence-electron chi connectivity index (χ0n) is 10.8. The molecule has 106 valence electrons. The molecule has 2 aromatic rings. The molecule has 0 unspecified atom stereocenters. The van der Waals surface area contributed by atoms with Crippen molar-refractivity contribution in [3.8, 4) is 17.1 Å². The van der Waals surface area contributed by atoms with E-state index in [-0.39, 0.29) is 5.75 Å². The number of hydrogen-bond donors (Lipinski definition) is 0. The number of methoxy groups -OCH3 is 2. The summed E-state index contributed by atoms with van der Waals surface area (Å²) in [7, 11) is 2.98. The van der Waals surface area contributed by atoms with E-state index in [9.17, 15) is 4.39 Å². The average molecular weight is 409 g/mol. The van der Waals surface area contributed by atoms with Gasteiger partial charge < -0.3 is 9.47 Å². The topological polar surface area (TPSA) is 44.2 Å². The van der Waals surface area contributed by atoms with Gasteiger partial charge in [0, 0.05) is 12.7 Å². The highest BCUT2D eigenvalue weighted by Crippen LogP contribution is 2.27. The summed E-state index contributed by atoms with van der Waals surface area (Å²) in [6, 6.07) is 4.51. The summed E-state index contributed by atoms with van der Waals surface area (Å²) in [6.45, 7) is 0.312. The number of hydrogen-bond acceptors (Lipinski definition) is 4. The van der Waals surface area contributed by atoms with E-state index in [1.165, 1.54) is 19.2 Å². The van der Waals surface area contributed by atoms with Crippen molar-refractivity contribution in [2.24, 2.45) is 0 Å². The summed E-state index contributed by atoms with van der Waals surface area (Å²) in [5, 5.41) is 0.318. The number of benzene rings is 1. The van der Waals surface area contributed by atoms with Crippen LogP contribution >= 0.6 is 34.2 Å². The molecule has 0 N–H and O–H groups in total. The van der Waals surface area contributed by atoms with Crippen LogP contribution in [-0.4, -0.2) is 24.2 Å². The molecule has 0 amide bonds. The normalized spacial score (nSPS) is 10.7. The standard InChI is InChI=1S/C13H11ClFIN2O2/c1-19-6-9-11(16)12(14)18-13(17-9)7-3-4-10(20-2)8(15)5-7/h3-5H,6H2,1-2H3. The Bertz CT molecular complexity index is 640. The van der Waals surface area contributed by atoms with Gasteiger partial charge in [-0.3, -0.25) is 0 Å². The lowest BCUT2D eigenvalue weighted by atomic mass is 10.2. The first-order valence-electron chi connectivity index (χ1n) is 5.61. The third kappa shape index (κ3) is 3.18. The van der Waals surface area contributed by atoms with Crippen molar-refractivity contribution in [1.82, 2.24) is 9.97 Å². The molecule has 2 rings (SSSR count). The highest BCUT2D eigenvalue weighted by molar-refractivity contribution is 14.1. The molecular weight excluding hydrogens is 398 g/mol. The maximum Gasteiger partial charge on any atom is 0.165 e. The Morgan fingerprint density at radius 2 is 2.05 bits per heavy atom. The molecule has 0 spiro atoms. The van der Waals surface area contributed by atoms with E-state index in [0.717, 1.165) is 3.57 Å². The summed E-state index contributed by atoms with van der Waals surface area (Å²) < 4.78 is 24.4. The molecule has 0 saturated heterocycles. The highest BCUT2D eigenvalue weighted by atomic mass is 127. The van der Waals surface area contributed by atoms with Crippen molar-refractivity contribution in [1.29, 1.82) is 0 Å². The number of ether oxygens (including phenoxy) is 2. The summed E-state index contributed by atoms with van der Waals surface area (Å²) in [4.78, 5) is 8.52. The van der Waals surface area contributed by atoms with Gasteiger partial charge in [0.05, 0.1) is 23.0 Å². The molecule has 0 radical (unpaired) electrons. The first-order valence-corrected chi connectivity index (χ1v) is 7.07. The van der Waals surface area contributed by atoms with Crippen LogP contribution in [0.1, 0.15) is 5.69 Å². The smallest absolute Gasteiger partial charge is 0.165 e. The second-order valence-corrected chi connectivity index (χ2v) is 5.32. The quantitative estimate of drug-likeness (QED) is 0.572. The minimum Gasteiger partial charge on any atom is -0.494 e. The monoisotopic (exact) mass is 408 g/mol. The Labute approximate surface area is 134 Å². The molecule has 1 aromatic carbocycles. The molecule has 0 bridgehead atoms.